The molecule has 1 aliphatic carbocycles. The SMILES string of the molecule is Cc1cc(-c2n[nH]c3cc(Cl)c([C@H]4C[C@@H]5CN[C@H]([C@@H]6Cc7ccccc7O[C@H]6S)[C@H]5C4)cc23)ccn1. The molecule has 6 atom stereocenters. The molecule has 2 aromatic carbocycles. The average molecular weight is 517 g/mol. The lowest BCUT2D eigenvalue weighted by Crippen LogP contribution is -2.44. The van der Waals surface area contributed by atoms with Crippen LogP contribution in [0, 0.1) is 24.7 Å². The van der Waals surface area contributed by atoms with Crippen molar-refractivity contribution in [3.63, 3.8) is 0 Å². The monoisotopic (exact) mass is 516 g/mol. The van der Waals surface area contributed by atoms with Crippen molar-refractivity contribution in [3.05, 3.63) is 76.6 Å². The Morgan fingerprint density at radius 1 is 1.08 bits per heavy atom. The number of aryl methyl sites for hydroxylation is 1. The van der Waals surface area contributed by atoms with Crippen molar-refractivity contribution in [1.29, 1.82) is 0 Å². The quantitative estimate of drug-likeness (QED) is 0.285. The molecule has 36 heavy (non-hydrogen) atoms. The molecule has 0 unspecified atom stereocenters. The summed E-state index contributed by atoms with van der Waals surface area (Å²) < 4.78 is 6.23. The summed E-state index contributed by atoms with van der Waals surface area (Å²) in [6.07, 6.45) is 5.14. The Morgan fingerprint density at radius 2 is 1.97 bits per heavy atom. The third-order valence-corrected chi connectivity index (χ3v) is 9.44. The van der Waals surface area contributed by atoms with Crippen LogP contribution in [0.3, 0.4) is 0 Å². The zero-order valence-corrected chi connectivity index (χ0v) is 21.8. The zero-order valence-electron chi connectivity index (χ0n) is 20.1. The van der Waals surface area contributed by atoms with Gasteiger partial charge in [-0.2, -0.15) is 5.10 Å². The number of fused-ring (bicyclic) bond motifs is 3. The molecule has 0 radical (unpaired) electrons. The van der Waals surface area contributed by atoms with E-state index in [0.717, 1.165) is 64.4 Å². The minimum absolute atomic E-state index is 0.0903. The first-order chi connectivity index (χ1) is 17.5. The van der Waals surface area contributed by atoms with Gasteiger partial charge in [-0.25, -0.2) is 0 Å². The van der Waals surface area contributed by atoms with E-state index in [1.807, 2.05) is 25.3 Å². The Kier molecular flexibility index (Phi) is 5.53. The van der Waals surface area contributed by atoms with Gasteiger partial charge in [0.25, 0.3) is 0 Å². The molecular weight excluding hydrogens is 488 g/mol. The van der Waals surface area contributed by atoms with Gasteiger partial charge in [0.05, 0.1) is 5.52 Å². The number of H-pyrrole nitrogens is 1. The lowest BCUT2D eigenvalue weighted by molar-refractivity contribution is 0.145. The highest BCUT2D eigenvalue weighted by molar-refractivity contribution is 7.80. The van der Waals surface area contributed by atoms with Gasteiger partial charge in [0.1, 0.15) is 16.9 Å². The van der Waals surface area contributed by atoms with Crippen LogP contribution in [0.2, 0.25) is 5.02 Å². The van der Waals surface area contributed by atoms with Crippen LogP contribution in [-0.2, 0) is 6.42 Å². The Hall–Kier alpha value is -2.54. The number of halogens is 1. The number of benzene rings is 2. The summed E-state index contributed by atoms with van der Waals surface area (Å²) in [5, 5.41) is 13.6. The molecule has 0 bridgehead atoms. The molecule has 184 valence electrons. The minimum Gasteiger partial charge on any atom is -0.479 e. The number of nitrogens with one attached hydrogen (secondary N) is 2. The molecule has 2 N–H and O–H groups in total. The third-order valence-electron chi connectivity index (χ3n) is 8.62. The maximum Gasteiger partial charge on any atom is 0.146 e. The molecule has 0 amide bonds. The average Bonchev–Trinajstić information content (AvgIpc) is 3.57. The lowest BCUT2D eigenvalue weighted by Gasteiger charge is -2.37. The zero-order chi connectivity index (χ0) is 24.4. The van der Waals surface area contributed by atoms with Crippen molar-refractivity contribution in [2.75, 3.05) is 6.54 Å². The van der Waals surface area contributed by atoms with Gasteiger partial charge in [0, 0.05) is 39.8 Å². The van der Waals surface area contributed by atoms with Gasteiger partial charge in [-0.05, 0) is 91.9 Å². The molecule has 5 nitrogen and oxygen atoms in total. The van der Waals surface area contributed by atoms with Crippen molar-refractivity contribution in [2.45, 2.75) is 43.6 Å². The van der Waals surface area contributed by atoms with Crippen LogP contribution in [0.4, 0.5) is 0 Å². The Labute approximate surface area is 221 Å². The van der Waals surface area contributed by atoms with E-state index in [1.165, 1.54) is 11.1 Å². The Bertz CT molecular complexity index is 1450. The van der Waals surface area contributed by atoms with Crippen LogP contribution in [0.15, 0.2) is 54.7 Å². The molecule has 0 spiro atoms. The highest BCUT2D eigenvalue weighted by Crippen LogP contribution is 2.51. The molecule has 7 rings (SSSR count). The molecule has 1 saturated carbocycles. The van der Waals surface area contributed by atoms with E-state index in [4.69, 9.17) is 29.0 Å². The number of hydrogen-bond donors (Lipinski definition) is 3. The van der Waals surface area contributed by atoms with Crippen LogP contribution < -0.4 is 10.1 Å². The van der Waals surface area contributed by atoms with E-state index in [0.29, 0.717) is 29.7 Å². The summed E-state index contributed by atoms with van der Waals surface area (Å²) in [6, 6.07) is 17.2. The number of aromatic amines is 1. The molecule has 7 heteroatoms. The maximum absolute atomic E-state index is 6.88. The molecule has 1 saturated heterocycles. The van der Waals surface area contributed by atoms with E-state index in [-0.39, 0.29) is 5.44 Å². The van der Waals surface area contributed by atoms with Crippen molar-refractivity contribution in [3.8, 4) is 17.0 Å². The van der Waals surface area contributed by atoms with E-state index in [1.54, 1.807) is 0 Å². The smallest absolute Gasteiger partial charge is 0.146 e. The number of aromatic nitrogens is 3. The maximum atomic E-state index is 6.88. The molecule has 2 fully saturated rings. The van der Waals surface area contributed by atoms with Crippen LogP contribution in [0.25, 0.3) is 22.2 Å². The number of nitrogens with zero attached hydrogens (tertiary/aromatic N) is 2. The van der Waals surface area contributed by atoms with E-state index >= 15 is 0 Å². The fourth-order valence-electron chi connectivity index (χ4n) is 6.94. The second-order valence-corrected chi connectivity index (χ2v) is 11.6. The van der Waals surface area contributed by atoms with Gasteiger partial charge < -0.3 is 10.1 Å². The van der Waals surface area contributed by atoms with E-state index in [9.17, 15) is 0 Å². The number of ether oxygens (including phenoxy) is 1. The highest BCUT2D eigenvalue weighted by atomic mass is 35.5. The number of thiol groups is 1. The summed E-state index contributed by atoms with van der Waals surface area (Å²) in [4.78, 5) is 4.34. The number of pyridine rings is 1. The fourth-order valence-corrected chi connectivity index (χ4v) is 7.66. The van der Waals surface area contributed by atoms with Crippen LogP contribution in [-0.4, -0.2) is 33.2 Å². The third kappa shape index (κ3) is 3.73. The molecule has 4 aromatic rings. The first-order valence-electron chi connectivity index (χ1n) is 12.8. The van der Waals surface area contributed by atoms with Crippen LogP contribution >= 0.6 is 24.2 Å². The highest BCUT2D eigenvalue weighted by Gasteiger charge is 2.49. The predicted octanol–water partition coefficient (Wildman–Crippen LogP) is 6.18. The standard InChI is InChI=1S/C29H29ClN4OS/c1-15-8-17(6-7-31-15)27-22-12-20(24(30)13-25(22)33-34-27)18-9-19-14-32-28(21(19)11-18)23-10-16-4-2-3-5-26(16)35-29(23)36/h2-8,12-13,18-19,21,23,28-29,32,36H,9-11,14H2,1H3,(H,33,34)/t18-,19+,21-,23-,28-,29-/m0/s1. The van der Waals surface area contributed by atoms with Crippen molar-refractivity contribution >= 4 is 35.1 Å². The van der Waals surface area contributed by atoms with Crippen molar-refractivity contribution < 1.29 is 4.74 Å². The predicted molar refractivity (Wildman–Crippen MR) is 147 cm³/mol. The first kappa shape index (κ1) is 22.6. The van der Waals surface area contributed by atoms with Gasteiger partial charge in [0.15, 0.2) is 0 Å². The van der Waals surface area contributed by atoms with Crippen molar-refractivity contribution in [2.24, 2.45) is 17.8 Å². The van der Waals surface area contributed by atoms with Crippen molar-refractivity contribution in [1.82, 2.24) is 20.5 Å². The largest absolute Gasteiger partial charge is 0.479 e. The minimum atomic E-state index is -0.0903. The molecular formula is C29H29ClN4OS. The topological polar surface area (TPSA) is 62.8 Å². The number of para-hydroxylation sites is 1. The van der Waals surface area contributed by atoms with Crippen LogP contribution in [0.5, 0.6) is 5.75 Å². The molecule has 2 aliphatic heterocycles. The normalized spacial score (nSPS) is 29.2. The summed E-state index contributed by atoms with van der Waals surface area (Å²) >= 11 is 11.8. The van der Waals surface area contributed by atoms with Gasteiger partial charge >= 0.3 is 0 Å². The Morgan fingerprint density at radius 3 is 2.86 bits per heavy atom. The van der Waals surface area contributed by atoms with Crippen LogP contribution in [0.1, 0.15) is 35.6 Å². The van der Waals surface area contributed by atoms with Gasteiger partial charge in [-0.15, -0.1) is 12.6 Å². The second kappa shape index (κ2) is 8.79. The molecule has 2 aromatic heterocycles. The second-order valence-electron chi connectivity index (χ2n) is 10.7. The van der Waals surface area contributed by atoms with Gasteiger partial charge in [0.2, 0.25) is 0 Å². The van der Waals surface area contributed by atoms with E-state index < -0.39 is 0 Å². The van der Waals surface area contributed by atoms with Gasteiger partial charge in [-0.3, -0.25) is 10.1 Å². The van der Waals surface area contributed by atoms with Gasteiger partial charge in [-0.1, -0.05) is 29.8 Å². The summed E-state index contributed by atoms with van der Waals surface area (Å²) in [5.41, 5.74) is 6.44. The summed E-state index contributed by atoms with van der Waals surface area (Å²) in [7, 11) is 0. The Balaban J connectivity index is 1.17. The summed E-state index contributed by atoms with van der Waals surface area (Å²) in [6.45, 7) is 3.06. The number of hydrogen-bond acceptors (Lipinski definition) is 5. The first-order valence-corrected chi connectivity index (χ1v) is 13.7. The fraction of sp³-hybridized carbons (Fsp3) is 0.379. The summed E-state index contributed by atoms with van der Waals surface area (Å²) in [5.74, 6) is 3.02. The molecule has 3 aliphatic rings. The number of rotatable bonds is 3. The molecule has 4 heterocycles. The van der Waals surface area contributed by atoms with E-state index in [2.05, 4.69) is 56.9 Å². The lowest BCUT2D eigenvalue weighted by atomic mass is 9.81.